The van der Waals surface area contributed by atoms with Crippen LogP contribution in [-0.4, -0.2) is 27.6 Å². The summed E-state index contributed by atoms with van der Waals surface area (Å²) in [6.07, 6.45) is 0.864. The first-order valence-corrected chi connectivity index (χ1v) is 12.2. The molecule has 7 nitrogen and oxygen atoms in total. The highest BCUT2D eigenvalue weighted by atomic mass is 32.2. The number of nitrogens with one attached hydrogen (secondary N) is 1. The average molecular weight is 480 g/mol. The monoisotopic (exact) mass is 479 g/mol. The number of aryl methyl sites for hydroxylation is 1. The molecule has 1 atom stereocenters. The van der Waals surface area contributed by atoms with Crippen LogP contribution in [0.1, 0.15) is 29.1 Å². The number of aromatic nitrogens is 1. The highest BCUT2D eigenvalue weighted by molar-refractivity contribution is 8.02. The van der Waals surface area contributed by atoms with Crippen molar-refractivity contribution in [1.29, 1.82) is 0 Å². The summed E-state index contributed by atoms with van der Waals surface area (Å²) in [5.74, 6) is -0.669. The summed E-state index contributed by atoms with van der Waals surface area (Å²) in [5.41, 5.74) is 3.20. The number of anilines is 2. The van der Waals surface area contributed by atoms with Gasteiger partial charge in [-0.3, -0.25) is 14.5 Å². The van der Waals surface area contributed by atoms with Crippen molar-refractivity contribution < 1.29 is 19.1 Å². The van der Waals surface area contributed by atoms with Crippen LogP contribution in [0.2, 0.25) is 0 Å². The molecule has 2 aliphatic rings. The molecular weight excluding hydrogens is 458 g/mol. The third kappa shape index (κ3) is 4.14. The second-order valence-corrected chi connectivity index (χ2v) is 10.2. The zero-order chi connectivity index (χ0) is 23.0. The number of carbonyl (C=O) groups excluding carboxylic acids is 3. The predicted octanol–water partition coefficient (Wildman–Crippen LogP) is 4.30. The van der Waals surface area contributed by atoms with Gasteiger partial charge in [-0.1, -0.05) is 41.6 Å². The lowest BCUT2D eigenvalue weighted by atomic mass is 10.2. The fourth-order valence-electron chi connectivity index (χ4n) is 4.00. The number of ether oxygens (including phenoxy) is 1. The van der Waals surface area contributed by atoms with Crippen molar-refractivity contribution in [2.45, 2.75) is 42.6 Å². The number of hydrogen-bond donors (Lipinski definition) is 1. The minimum Gasteiger partial charge on any atom is -0.457 e. The van der Waals surface area contributed by atoms with Gasteiger partial charge in [-0.2, -0.15) is 0 Å². The standard InChI is InChI=1S/C24H21N3O4S2/c1-15-6-8-16(9-7-15)25-20(28)12-21-26-17(14-32-21)13-31-23(30)24-11-10-22(29)27(24)18-4-2-3-5-19(18)33-24/h2-9,14H,10-13H2,1H3,(H,25,28)/t24-/m0/s1. The molecule has 2 aliphatic heterocycles. The van der Waals surface area contributed by atoms with Crippen molar-refractivity contribution in [3.63, 3.8) is 0 Å². The molecule has 0 unspecified atom stereocenters. The second kappa shape index (κ2) is 8.64. The first kappa shape index (κ1) is 21.7. The zero-order valence-corrected chi connectivity index (χ0v) is 19.5. The maximum Gasteiger partial charge on any atom is 0.343 e. The first-order chi connectivity index (χ1) is 15.9. The molecule has 0 saturated carbocycles. The number of esters is 1. The number of thioether (sulfide) groups is 1. The maximum atomic E-state index is 13.1. The van der Waals surface area contributed by atoms with Crippen molar-refractivity contribution in [2.24, 2.45) is 0 Å². The summed E-state index contributed by atoms with van der Waals surface area (Å²) in [5, 5.41) is 5.28. The third-order valence-corrected chi connectivity index (χ3v) is 7.94. The molecule has 168 valence electrons. The Morgan fingerprint density at radius 3 is 2.79 bits per heavy atom. The van der Waals surface area contributed by atoms with Gasteiger partial charge in [0.15, 0.2) is 4.87 Å². The SMILES string of the molecule is Cc1ccc(NC(=O)Cc2nc(COC(=O)[C@@]34CCC(=O)N3c3ccccc3S4)cs2)cc1. The van der Waals surface area contributed by atoms with Crippen molar-refractivity contribution >= 4 is 52.3 Å². The van der Waals surface area contributed by atoms with Crippen molar-refractivity contribution in [1.82, 2.24) is 4.98 Å². The number of nitrogens with zero attached hydrogens (tertiary/aromatic N) is 2. The minimum atomic E-state index is -1.05. The fourth-order valence-corrected chi connectivity index (χ4v) is 6.19. The van der Waals surface area contributed by atoms with Gasteiger partial charge < -0.3 is 10.1 Å². The zero-order valence-electron chi connectivity index (χ0n) is 17.9. The van der Waals surface area contributed by atoms with Gasteiger partial charge in [0.05, 0.1) is 17.8 Å². The fraction of sp³-hybridized carbons (Fsp3) is 0.250. The van der Waals surface area contributed by atoms with Gasteiger partial charge in [0, 0.05) is 28.8 Å². The lowest BCUT2D eigenvalue weighted by Crippen LogP contribution is -2.47. The Morgan fingerprint density at radius 2 is 1.97 bits per heavy atom. The summed E-state index contributed by atoms with van der Waals surface area (Å²) >= 11 is 2.73. The van der Waals surface area contributed by atoms with E-state index in [0.717, 1.165) is 21.8 Å². The van der Waals surface area contributed by atoms with E-state index >= 15 is 0 Å². The molecule has 9 heteroatoms. The summed E-state index contributed by atoms with van der Waals surface area (Å²) in [6.45, 7) is 1.98. The normalized spacial score (nSPS) is 18.7. The van der Waals surface area contributed by atoms with Gasteiger partial charge in [0.2, 0.25) is 11.8 Å². The Balaban J connectivity index is 1.20. The van der Waals surface area contributed by atoms with E-state index in [1.54, 1.807) is 10.3 Å². The smallest absolute Gasteiger partial charge is 0.343 e. The summed E-state index contributed by atoms with van der Waals surface area (Å²) in [6, 6.07) is 15.1. The topological polar surface area (TPSA) is 88.6 Å². The Hall–Kier alpha value is -3.17. The number of rotatable bonds is 6. The van der Waals surface area contributed by atoms with Gasteiger partial charge in [-0.25, -0.2) is 9.78 Å². The van der Waals surface area contributed by atoms with Crippen LogP contribution in [0.5, 0.6) is 0 Å². The van der Waals surface area contributed by atoms with Gasteiger partial charge >= 0.3 is 5.97 Å². The molecule has 33 heavy (non-hydrogen) atoms. The average Bonchev–Trinajstić information content (AvgIpc) is 3.48. The highest BCUT2D eigenvalue weighted by Crippen LogP contribution is 2.56. The number of carbonyl (C=O) groups is 3. The maximum absolute atomic E-state index is 13.1. The van der Waals surface area contributed by atoms with Crippen LogP contribution in [0.4, 0.5) is 11.4 Å². The number of fused-ring (bicyclic) bond motifs is 3. The van der Waals surface area contributed by atoms with E-state index in [9.17, 15) is 14.4 Å². The van der Waals surface area contributed by atoms with E-state index in [-0.39, 0.29) is 24.8 Å². The number of hydrogen-bond acceptors (Lipinski definition) is 7. The van der Waals surface area contributed by atoms with E-state index in [1.807, 2.05) is 55.5 Å². The van der Waals surface area contributed by atoms with Crippen LogP contribution >= 0.6 is 23.1 Å². The number of benzene rings is 2. The van der Waals surface area contributed by atoms with Crippen molar-refractivity contribution in [2.75, 3.05) is 10.2 Å². The Kier molecular flexibility index (Phi) is 5.67. The number of amides is 2. The van der Waals surface area contributed by atoms with Gasteiger partial charge in [0.1, 0.15) is 11.6 Å². The summed E-state index contributed by atoms with van der Waals surface area (Å²) in [7, 11) is 0. The Labute approximate surface area is 199 Å². The molecule has 3 heterocycles. The van der Waals surface area contributed by atoms with Gasteiger partial charge in [0.25, 0.3) is 0 Å². The lowest BCUT2D eigenvalue weighted by Gasteiger charge is -2.28. The number of para-hydroxylation sites is 1. The van der Waals surface area contributed by atoms with Crippen LogP contribution in [-0.2, 0) is 32.1 Å². The third-order valence-electron chi connectivity index (χ3n) is 5.59. The van der Waals surface area contributed by atoms with Crippen LogP contribution < -0.4 is 10.2 Å². The summed E-state index contributed by atoms with van der Waals surface area (Å²) in [4.78, 5) is 43.8. The molecule has 0 aliphatic carbocycles. The molecule has 2 amide bonds. The molecule has 0 radical (unpaired) electrons. The quantitative estimate of drug-likeness (QED) is 0.530. The Bertz CT molecular complexity index is 1240. The van der Waals surface area contributed by atoms with E-state index in [1.165, 1.54) is 23.1 Å². The summed E-state index contributed by atoms with van der Waals surface area (Å²) < 4.78 is 5.61. The molecule has 1 N–H and O–H groups in total. The van der Waals surface area contributed by atoms with Gasteiger partial charge in [-0.05, 0) is 31.2 Å². The predicted molar refractivity (Wildman–Crippen MR) is 127 cm³/mol. The molecule has 0 spiro atoms. The van der Waals surface area contributed by atoms with Crippen LogP contribution in [0, 0.1) is 6.92 Å². The molecular formula is C24H21N3O4S2. The largest absolute Gasteiger partial charge is 0.457 e. The van der Waals surface area contributed by atoms with E-state index in [2.05, 4.69) is 10.3 Å². The molecule has 1 saturated heterocycles. The molecule has 1 aromatic heterocycles. The van der Waals surface area contributed by atoms with Crippen LogP contribution in [0.3, 0.4) is 0 Å². The lowest BCUT2D eigenvalue weighted by molar-refractivity contribution is -0.148. The Morgan fingerprint density at radius 1 is 1.18 bits per heavy atom. The number of thiazole rings is 1. The van der Waals surface area contributed by atoms with E-state index in [4.69, 9.17) is 4.74 Å². The van der Waals surface area contributed by atoms with Crippen molar-refractivity contribution in [3.05, 3.63) is 70.2 Å². The molecule has 2 aromatic carbocycles. The van der Waals surface area contributed by atoms with Crippen molar-refractivity contribution in [3.8, 4) is 0 Å². The first-order valence-electron chi connectivity index (χ1n) is 10.5. The van der Waals surface area contributed by atoms with E-state index in [0.29, 0.717) is 23.5 Å². The van der Waals surface area contributed by atoms with Crippen LogP contribution in [0.25, 0.3) is 0 Å². The molecule has 5 rings (SSSR count). The molecule has 0 bridgehead atoms. The molecule has 3 aromatic rings. The second-order valence-electron chi connectivity index (χ2n) is 7.98. The van der Waals surface area contributed by atoms with Crippen LogP contribution in [0.15, 0.2) is 58.8 Å². The van der Waals surface area contributed by atoms with E-state index < -0.39 is 10.8 Å². The molecule has 1 fully saturated rings. The van der Waals surface area contributed by atoms with Gasteiger partial charge in [-0.15, -0.1) is 11.3 Å². The highest BCUT2D eigenvalue weighted by Gasteiger charge is 2.58. The minimum absolute atomic E-state index is 0.00436.